The van der Waals surface area contributed by atoms with Crippen LogP contribution < -0.4 is 9.64 Å². The van der Waals surface area contributed by atoms with E-state index in [4.69, 9.17) is 4.74 Å². The van der Waals surface area contributed by atoms with Gasteiger partial charge in [0.25, 0.3) is 0 Å². The second-order valence-corrected chi connectivity index (χ2v) is 8.36. The zero-order valence-electron chi connectivity index (χ0n) is 15.9. The maximum atomic E-state index is 12.7. The predicted octanol–water partition coefficient (Wildman–Crippen LogP) is 3.20. The molecule has 6 heteroatoms. The number of piperazine rings is 1. The molecule has 27 heavy (non-hydrogen) atoms. The summed E-state index contributed by atoms with van der Waals surface area (Å²) in [7, 11) is 1.65. The number of ether oxygens (including phenoxy) is 1. The third kappa shape index (κ3) is 4.51. The molecular weight excluding hydrogens is 358 g/mol. The van der Waals surface area contributed by atoms with E-state index < -0.39 is 0 Å². The molecule has 2 fully saturated rings. The predicted molar refractivity (Wildman–Crippen MR) is 109 cm³/mol. The Labute approximate surface area is 165 Å². The van der Waals surface area contributed by atoms with Crippen molar-refractivity contribution in [1.82, 2.24) is 9.80 Å². The molecule has 5 nitrogen and oxygen atoms in total. The van der Waals surface area contributed by atoms with Crippen LogP contribution in [0, 0.1) is 0 Å². The van der Waals surface area contributed by atoms with E-state index in [1.165, 1.54) is 36.4 Å². The molecule has 2 aromatic rings. The van der Waals surface area contributed by atoms with Crippen LogP contribution in [-0.2, 0) is 17.9 Å². The number of anilines is 1. The Bertz CT molecular complexity index is 785. The number of rotatable bonds is 6. The number of methoxy groups -OCH3 is 1. The topological polar surface area (TPSA) is 36.0 Å². The van der Waals surface area contributed by atoms with Crippen molar-refractivity contribution in [3.8, 4) is 5.75 Å². The number of hydrogen-bond acceptors (Lipinski definition) is 5. The summed E-state index contributed by atoms with van der Waals surface area (Å²) < 4.78 is 5.28. The first-order chi connectivity index (χ1) is 13.2. The largest absolute Gasteiger partial charge is 0.497 e. The molecule has 0 atom stereocenters. The number of benzene rings is 1. The van der Waals surface area contributed by atoms with Gasteiger partial charge < -0.3 is 9.64 Å². The lowest BCUT2D eigenvalue weighted by Gasteiger charge is -2.34. The van der Waals surface area contributed by atoms with Crippen LogP contribution in [0.5, 0.6) is 5.75 Å². The van der Waals surface area contributed by atoms with Gasteiger partial charge in [-0.25, -0.2) is 0 Å². The monoisotopic (exact) mass is 385 g/mol. The van der Waals surface area contributed by atoms with Crippen LogP contribution in [0.15, 0.2) is 35.7 Å². The minimum absolute atomic E-state index is 0.156. The van der Waals surface area contributed by atoms with Gasteiger partial charge in [0.2, 0.25) is 5.91 Å². The Morgan fingerprint density at radius 2 is 1.89 bits per heavy atom. The fourth-order valence-corrected chi connectivity index (χ4v) is 4.84. The fourth-order valence-electron chi connectivity index (χ4n) is 3.92. The number of carbonyl (C=O) groups excluding carboxylic acids is 1. The van der Waals surface area contributed by atoms with E-state index >= 15 is 0 Å². The SMILES string of the molecule is COc1cccc(N2CCN(Cc3cc(CN4CCCC4)cs3)CC2=O)c1. The third-order valence-electron chi connectivity index (χ3n) is 5.36. The Morgan fingerprint density at radius 1 is 1.04 bits per heavy atom. The van der Waals surface area contributed by atoms with Crippen molar-refractivity contribution in [2.75, 3.05) is 44.7 Å². The summed E-state index contributed by atoms with van der Waals surface area (Å²) in [6.45, 7) is 6.47. The Kier molecular flexibility index (Phi) is 5.76. The van der Waals surface area contributed by atoms with Crippen LogP contribution in [0.3, 0.4) is 0 Å². The van der Waals surface area contributed by atoms with Gasteiger partial charge in [0.1, 0.15) is 5.75 Å². The second-order valence-electron chi connectivity index (χ2n) is 7.36. The summed E-state index contributed by atoms with van der Waals surface area (Å²) in [5, 5.41) is 2.28. The molecule has 144 valence electrons. The van der Waals surface area contributed by atoms with E-state index in [0.29, 0.717) is 6.54 Å². The molecule has 0 unspecified atom stereocenters. The highest BCUT2D eigenvalue weighted by Gasteiger charge is 2.25. The highest BCUT2D eigenvalue weighted by atomic mass is 32.1. The zero-order chi connectivity index (χ0) is 18.6. The van der Waals surface area contributed by atoms with Crippen molar-refractivity contribution in [1.29, 1.82) is 0 Å². The average Bonchev–Trinajstić information content (AvgIpc) is 3.34. The molecule has 0 radical (unpaired) electrons. The Balaban J connectivity index is 1.33. The number of nitrogens with zero attached hydrogens (tertiary/aromatic N) is 3. The maximum Gasteiger partial charge on any atom is 0.241 e. The highest BCUT2D eigenvalue weighted by molar-refractivity contribution is 7.10. The van der Waals surface area contributed by atoms with Crippen molar-refractivity contribution in [2.24, 2.45) is 0 Å². The van der Waals surface area contributed by atoms with Crippen molar-refractivity contribution >= 4 is 22.9 Å². The molecule has 0 bridgehead atoms. The molecule has 2 saturated heterocycles. The molecule has 0 aliphatic carbocycles. The molecule has 2 aliphatic heterocycles. The van der Waals surface area contributed by atoms with E-state index in [9.17, 15) is 4.79 Å². The van der Waals surface area contributed by atoms with Crippen LogP contribution in [0.1, 0.15) is 23.3 Å². The first-order valence-corrected chi connectivity index (χ1v) is 10.5. The van der Waals surface area contributed by atoms with Crippen molar-refractivity contribution < 1.29 is 9.53 Å². The lowest BCUT2D eigenvalue weighted by atomic mass is 10.2. The Hall–Kier alpha value is -1.89. The van der Waals surface area contributed by atoms with Gasteiger partial charge in [-0.15, -0.1) is 11.3 Å². The van der Waals surface area contributed by atoms with Gasteiger partial charge in [-0.1, -0.05) is 6.07 Å². The van der Waals surface area contributed by atoms with Crippen LogP contribution in [-0.4, -0.2) is 55.5 Å². The average molecular weight is 386 g/mol. The van der Waals surface area contributed by atoms with E-state index in [0.717, 1.165) is 37.6 Å². The molecule has 4 rings (SSSR count). The van der Waals surface area contributed by atoms with Gasteiger partial charge in [0.15, 0.2) is 0 Å². The number of thiophene rings is 1. The maximum absolute atomic E-state index is 12.7. The summed E-state index contributed by atoms with van der Waals surface area (Å²) in [4.78, 5) is 20.7. The molecule has 3 heterocycles. The minimum atomic E-state index is 0.156. The summed E-state index contributed by atoms with van der Waals surface area (Å²) in [5.74, 6) is 0.940. The Morgan fingerprint density at radius 3 is 2.67 bits per heavy atom. The van der Waals surface area contributed by atoms with E-state index in [1.807, 2.05) is 40.5 Å². The van der Waals surface area contributed by atoms with Crippen LogP contribution in [0.4, 0.5) is 5.69 Å². The molecule has 0 N–H and O–H groups in total. The minimum Gasteiger partial charge on any atom is -0.497 e. The molecule has 1 aromatic heterocycles. The van der Waals surface area contributed by atoms with Crippen molar-refractivity contribution in [3.05, 3.63) is 46.2 Å². The third-order valence-corrected chi connectivity index (χ3v) is 6.33. The standard InChI is InChI=1S/C21H27N3O2S/c1-26-19-6-4-5-18(12-19)24-10-9-23(15-21(24)25)14-20-11-17(16-27-20)13-22-7-2-3-8-22/h4-6,11-12,16H,2-3,7-10,13-15H2,1H3. The normalized spacial score (nSPS) is 19.0. The number of hydrogen-bond donors (Lipinski definition) is 0. The molecule has 0 spiro atoms. The first kappa shape index (κ1) is 18.5. The smallest absolute Gasteiger partial charge is 0.241 e. The lowest BCUT2D eigenvalue weighted by Crippen LogP contribution is -2.50. The first-order valence-electron chi connectivity index (χ1n) is 9.67. The molecule has 1 amide bonds. The summed E-state index contributed by atoms with van der Waals surface area (Å²) >= 11 is 1.82. The van der Waals surface area contributed by atoms with Crippen LogP contribution >= 0.6 is 11.3 Å². The zero-order valence-corrected chi connectivity index (χ0v) is 16.7. The quantitative estimate of drug-likeness (QED) is 0.765. The van der Waals surface area contributed by atoms with Gasteiger partial charge in [-0.2, -0.15) is 0 Å². The van der Waals surface area contributed by atoms with Crippen molar-refractivity contribution in [2.45, 2.75) is 25.9 Å². The number of likely N-dealkylation sites (tertiary alicyclic amines) is 1. The van der Waals surface area contributed by atoms with Gasteiger partial charge in [-0.3, -0.25) is 14.6 Å². The number of carbonyl (C=O) groups is 1. The molecule has 1 aromatic carbocycles. The molecule has 0 saturated carbocycles. The fraction of sp³-hybridized carbons (Fsp3) is 0.476. The van der Waals surface area contributed by atoms with Crippen molar-refractivity contribution in [3.63, 3.8) is 0 Å². The summed E-state index contributed by atoms with van der Waals surface area (Å²) in [5.41, 5.74) is 2.33. The summed E-state index contributed by atoms with van der Waals surface area (Å²) in [6, 6.07) is 10.1. The van der Waals surface area contributed by atoms with E-state index in [-0.39, 0.29) is 5.91 Å². The molecule has 2 aliphatic rings. The van der Waals surface area contributed by atoms with E-state index in [1.54, 1.807) is 7.11 Å². The highest BCUT2D eigenvalue weighted by Crippen LogP contribution is 2.24. The molecular formula is C21H27N3O2S. The van der Waals surface area contributed by atoms with Crippen LogP contribution in [0.2, 0.25) is 0 Å². The second kappa shape index (κ2) is 8.42. The number of amides is 1. The van der Waals surface area contributed by atoms with Gasteiger partial charge in [0, 0.05) is 42.8 Å². The van der Waals surface area contributed by atoms with Crippen LogP contribution in [0.25, 0.3) is 0 Å². The summed E-state index contributed by atoms with van der Waals surface area (Å²) in [6.07, 6.45) is 2.66. The van der Waals surface area contributed by atoms with Gasteiger partial charge >= 0.3 is 0 Å². The van der Waals surface area contributed by atoms with E-state index in [2.05, 4.69) is 21.2 Å². The van der Waals surface area contributed by atoms with Gasteiger partial charge in [0.05, 0.1) is 13.7 Å². The lowest BCUT2D eigenvalue weighted by molar-refractivity contribution is -0.121. The van der Waals surface area contributed by atoms with Gasteiger partial charge in [-0.05, 0) is 55.1 Å².